The van der Waals surface area contributed by atoms with E-state index in [2.05, 4.69) is 38.1 Å². The number of hydrogen-bond donors (Lipinski definition) is 0. The van der Waals surface area contributed by atoms with Crippen molar-refractivity contribution in [1.29, 1.82) is 0 Å². The Morgan fingerprint density at radius 1 is 1.39 bits per heavy atom. The zero-order valence-corrected chi connectivity index (χ0v) is 12.6. The Labute approximate surface area is 116 Å². The molecule has 1 atom stereocenters. The minimum Gasteiger partial charge on any atom is -0.493 e. The minimum atomic E-state index is 0.422. The number of ether oxygens (including phenoxy) is 1. The fourth-order valence-electron chi connectivity index (χ4n) is 1.86. The highest BCUT2D eigenvalue weighted by molar-refractivity contribution is 6.31. The highest BCUT2D eigenvalue weighted by Gasteiger charge is 2.13. The van der Waals surface area contributed by atoms with Crippen molar-refractivity contribution in [1.82, 2.24) is 0 Å². The van der Waals surface area contributed by atoms with E-state index in [0.717, 1.165) is 35.8 Å². The molecule has 0 spiro atoms. The van der Waals surface area contributed by atoms with Crippen LogP contribution in [0.3, 0.4) is 0 Å². The maximum absolute atomic E-state index is 6.22. The zero-order chi connectivity index (χ0) is 13.5. The van der Waals surface area contributed by atoms with Gasteiger partial charge in [-0.1, -0.05) is 37.6 Å². The number of aryl methyl sites for hydroxylation is 1. The van der Waals surface area contributed by atoms with Gasteiger partial charge >= 0.3 is 0 Å². The summed E-state index contributed by atoms with van der Waals surface area (Å²) in [4.78, 5) is 0. The van der Waals surface area contributed by atoms with Crippen LogP contribution in [-0.2, 0) is 0 Å². The summed E-state index contributed by atoms with van der Waals surface area (Å²) < 4.78 is 5.84. The first-order chi connectivity index (χ1) is 8.60. The number of rotatable bonds is 6. The molecule has 0 radical (unpaired) electrons. The molecule has 1 aromatic carbocycles. The predicted molar refractivity (Wildman–Crippen MR) is 79.8 cm³/mol. The second-order valence-corrected chi connectivity index (χ2v) is 5.10. The van der Waals surface area contributed by atoms with Gasteiger partial charge in [0.15, 0.2) is 0 Å². The first-order valence-electron chi connectivity index (χ1n) is 6.64. The molecule has 0 aliphatic carbocycles. The number of hydrogen-bond acceptors (Lipinski definition) is 1. The molecular weight excluding hydrogens is 244 g/mol. The average molecular weight is 267 g/mol. The Kier molecular flexibility index (Phi) is 6.28. The minimum absolute atomic E-state index is 0.422. The molecule has 1 aromatic rings. The molecule has 0 saturated heterocycles. The normalized spacial score (nSPS) is 12.9. The van der Waals surface area contributed by atoms with E-state index in [0.29, 0.717) is 5.92 Å². The van der Waals surface area contributed by atoms with Gasteiger partial charge in [0.2, 0.25) is 0 Å². The molecule has 0 aliphatic heterocycles. The van der Waals surface area contributed by atoms with Crippen molar-refractivity contribution in [3.8, 4) is 5.75 Å². The van der Waals surface area contributed by atoms with Crippen LogP contribution in [0.4, 0.5) is 0 Å². The lowest BCUT2D eigenvalue weighted by Gasteiger charge is -2.17. The first kappa shape index (κ1) is 15.1. The standard InChI is InChI=1S/C16H23ClO/c1-5-7-8-12(3)14-11-15(17)13(4)10-16(14)18-9-6-2/h5,7,10-12H,6,8-9H2,1-4H3/b7-5-. The Balaban J connectivity index is 3.01. The third-order valence-electron chi connectivity index (χ3n) is 3.01. The summed E-state index contributed by atoms with van der Waals surface area (Å²) in [5.74, 6) is 1.40. The van der Waals surface area contributed by atoms with E-state index in [4.69, 9.17) is 16.3 Å². The van der Waals surface area contributed by atoms with Gasteiger partial charge in [0, 0.05) is 5.02 Å². The van der Waals surface area contributed by atoms with E-state index in [1.165, 1.54) is 5.56 Å². The van der Waals surface area contributed by atoms with E-state index in [1.54, 1.807) is 0 Å². The SMILES string of the molecule is C/C=C\CC(C)c1cc(Cl)c(C)cc1OCCC. The summed E-state index contributed by atoms with van der Waals surface area (Å²) in [5.41, 5.74) is 2.28. The predicted octanol–water partition coefficient (Wildman–Crippen LogP) is 5.51. The average Bonchev–Trinajstić information content (AvgIpc) is 2.36. The number of allylic oxidation sites excluding steroid dienone is 2. The van der Waals surface area contributed by atoms with Crippen LogP contribution in [0.1, 0.15) is 50.7 Å². The van der Waals surface area contributed by atoms with Crippen LogP contribution in [0.2, 0.25) is 5.02 Å². The second-order valence-electron chi connectivity index (χ2n) is 4.69. The first-order valence-corrected chi connectivity index (χ1v) is 7.01. The summed E-state index contributed by atoms with van der Waals surface area (Å²) >= 11 is 6.22. The molecule has 1 rings (SSSR count). The van der Waals surface area contributed by atoms with Crippen molar-refractivity contribution in [2.75, 3.05) is 6.61 Å². The maximum Gasteiger partial charge on any atom is 0.123 e. The van der Waals surface area contributed by atoms with E-state index in [1.807, 2.05) is 13.8 Å². The molecule has 0 amide bonds. The quantitative estimate of drug-likeness (QED) is 0.617. The Morgan fingerprint density at radius 2 is 2.11 bits per heavy atom. The van der Waals surface area contributed by atoms with Crippen LogP contribution in [0.25, 0.3) is 0 Å². The van der Waals surface area contributed by atoms with Gasteiger partial charge < -0.3 is 4.74 Å². The maximum atomic E-state index is 6.22. The highest BCUT2D eigenvalue weighted by Crippen LogP contribution is 2.34. The van der Waals surface area contributed by atoms with Crippen LogP contribution >= 0.6 is 11.6 Å². The van der Waals surface area contributed by atoms with Crippen LogP contribution in [0.15, 0.2) is 24.3 Å². The molecule has 1 nitrogen and oxygen atoms in total. The van der Waals surface area contributed by atoms with Gasteiger partial charge in [-0.2, -0.15) is 0 Å². The molecule has 0 bridgehead atoms. The monoisotopic (exact) mass is 266 g/mol. The van der Waals surface area contributed by atoms with Crippen LogP contribution in [0.5, 0.6) is 5.75 Å². The molecule has 0 N–H and O–H groups in total. The van der Waals surface area contributed by atoms with Crippen LogP contribution in [-0.4, -0.2) is 6.61 Å². The van der Waals surface area contributed by atoms with Crippen molar-refractivity contribution < 1.29 is 4.74 Å². The van der Waals surface area contributed by atoms with Crippen LogP contribution < -0.4 is 4.74 Å². The summed E-state index contributed by atoms with van der Waals surface area (Å²) in [5, 5.41) is 0.821. The molecular formula is C16H23ClO. The lowest BCUT2D eigenvalue weighted by atomic mass is 9.95. The topological polar surface area (TPSA) is 9.23 Å². The third kappa shape index (κ3) is 4.06. The molecule has 18 heavy (non-hydrogen) atoms. The van der Waals surface area contributed by atoms with Gasteiger partial charge in [-0.15, -0.1) is 0 Å². The Hall–Kier alpha value is -0.950. The zero-order valence-electron chi connectivity index (χ0n) is 11.8. The lowest BCUT2D eigenvalue weighted by molar-refractivity contribution is 0.312. The van der Waals surface area contributed by atoms with Gasteiger partial charge in [-0.25, -0.2) is 0 Å². The molecule has 0 saturated carbocycles. The fraction of sp³-hybridized carbons (Fsp3) is 0.500. The van der Waals surface area contributed by atoms with Crippen molar-refractivity contribution in [3.63, 3.8) is 0 Å². The van der Waals surface area contributed by atoms with Gasteiger partial charge in [0.1, 0.15) is 5.75 Å². The largest absolute Gasteiger partial charge is 0.493 e. The van der Waals surface area contributed by atoms with Crippen molar-refractivity contribution >= 4 is 11.6 Å². The fourth-order valence-corrected chi connectivity index (χ4v) is 2.03. The smallest absolute Gasteiger partial charge is 0.123 e. The third-order valence-corrected chi connectivity index (χ3v) is 3.42. The van der Waals surface area contributed by atoms with E-state index in [9.17, 15) is 0 Å². The molecule has 1 unspecified atom stereocenters. The summed E-state index contributed by atoms with van der Waals surface area (Å²) in [6.45, 7) is 9.14. The molecule has 0 aliphatic rings. The molecule has 2 heteroatoms. The van der Waals surface area contributed by atoms with Crippen molar-refractivity contribution in [2.24, 2.45) is 0 Å². The molecule has 0 fully saturated rings. The number of halogens is 1. The van der Waals surface area contributed by atoms with Crippen molar-refractivity contribution in [2.45, 2.75) is 46.5 Å². The van der Waals surface area contributed by atoms with E-state index >= 15 is 0 Å². The van der Waals surface area contributed by atoms with Gasteiger partial charge in [0.05, 0.1) is 6.61 Å². The van der Waals surface area contributed by atoms with Crippen molar-refractivity contribution in [3.05, 3.63) is 40.4 Å². The Morgan fingerprint density at radius 3 is 2.72 bits per heavy atom. The van der Waals surface area contributed by atoms with Gasteiger partial charge in [0.25, 0.3) is 0 Å². The van der Waals surface area contributed by atoms with E-state index < -0.39 is 0 Å². The van der Waals surface area contributed by atoms with Gasteiger partial charge in [-0.3, -0.25) is 0 Å². The molecule has 0 aromatic heterocycles. The van der Waals surface area contributed by atoms with Gasteiger partial charge in [-0.05, 0) is 55.9 Å². The Bertz CT molecular complexity index is 410. The highest BCUT2D eigenvalue weighted by atomic mass is 35.5. The molecule has 100 valence electrons. The lowest BCUT2D eigenvalue weighted by Crippen LogP contribution is -2.02. The molecule has 0 heterocycles. The van der Waals surface area contributed by atoms with E-state index in [-0.39, 0.29) is 0 Å². The summed E-state index contributed by atoms with van der Waals surface area (Å²) in [6, 6.07) is 4.11. The number of benzene rings is 1. The summed E-state index contributed by atoms with van der Waals surface area (Å²) in [7, 11) is 0. The second kappa shape index (κ2) is 7.48. The van der Waals surface area contributed by atoms with Crippen LogP contribution in [0, 0.1) is 6.92 Å². The summed E-state index contributed by atoms with van der Waals surface area (Å²) in [6.07, 6.45) is 6.30.